The smallest absolute Gasteiger partial charge is 0.245 e. The van der Waals surface area contributed by atoms with Gasteiger partial charge in [0.2, 0.25) is 17.7 Å². The van der Waals surface area contributed by atoms with Gasteiger partial charge in [-0.25, -0.2) is 0 Å². The Morgan fingerprint density at radius 1 is 1.11 bits per heavy atom. The zero-order valence-corrected chi connectivity index (χ0v) is 16.5. The minimum absolute atomic E-state index is 0.0142. The number of carbonyl (C=O) groups is 3. The highest BCUT2D eigenvalue weighted by Gasteiger charge is 2.31. The number of carbonyl (C=O) groups excluding carboxylic acids is 3. The van der Waals surface area contributed by atoms with Gasteiger partial charge in [-0.1, -0.05) is 12.1 Å². The summed E-state index contributed by atoms with van der Waals surface area (Å²) in [5.41, 5.74) is 1.19. The Balaban J connectivity index is 1.42. The largest absolute Gasteiger partial charge is 0.497 e. The standard InChI is InChI=1S/C21H29N3O4/c1-28-17-8-6-16(7-9-17)4-2-5-20(26)23-12-3-13-24(15-14-23)21(27)18-10-11-19(25)22-18/h6-9,18H,2-5,10-15H2,1H3,(H,22,25). The Kier molecular flexibility index (Phi) is 6.90. The van der Waals surface area contributed by atoms with Crippen molar-refractivity contribution in [1.29, 1.82) is 0 Å². The number of rotatable bonds is 6. The molecule has 28 heavy (non-hydrogen) atoms. The van der Waals surface area contributed by atoms with Crippen LogP contribution in [0.1, 0.15) is 37.7 Å². The Morgan fingerprint density at radius 3 is 2.50 bits per heavy atom. The summed E-state index contributed by atoms with van der Waals surface area (Å²) < 4.78 is 5.16. The maximum Gasteiger partial charge on any atom is 0.245 e. The Bertz CT molecular complexity index is 704. The summed E-state index contributed by atoms with van der Waals surface area (Å²) in [4.78, 5) is 40.1. The Labute approximate surface area is 166 Å². The minimum atomic E-state index is -0.390. The van der Waals surface area contributed by atoms with Gasteiger partial charge in [0.05, 0.1) is 7.11 Å². The van der Waals surface area contributed by atoms with Crippen LogP contribution in [0.3, 0.4) is 0 Å². The van der Waals surface area contributed by atoms with Crippen LogP contribution >= 0.6 is 0 Å². The molecule has 3 amide bonds. The van der Waals surface area contributed by atoms with Gasteiger partial charge < -0.3 is 19.9 Å². The first-order valence-corrected chi connectivity index (χ1v) is 10.1. The lowest BCUT2D eigenvalue weighted by atomic mass is 10.1. The second-order valence-electron chi connectivity index (χ2n) is 7.42. The molecular formula is C21H29N3O4. The van der Waals surface area contributed by atoms with E-state index in [4.69, 9.17) is 4.74 Å². The molecule has 0 aliphatic carbocycles. The van der Waals surface area contributed by atoms with E-state index >= 15 is 0 Å². The third-order valence-corrected chi connectivity index (χ3v) is 5.47. The maximum atomic E-state index is 12.6. The molecule has 3 rings (SSSR count). The highest BCUT2D eigenvalue weighted by atomic mass is 16.5. The first kappa shape index (κ1) is 20.2. The minimum Gasteiger partial charge on any atom is -0.497 e. The number of amides is 3. The molecule has 7 heteroatoms. The van der Waals surface area contributed by atoms with Gasteiger partial charge >= 0.3 is 0 Å². The van der Waals surface area contributed by atoms with Crippen molar-refractivity contribution in [2.24, 2.45) is 0 Å². The van der Waals surface area contributed by atoms with Gasteiger partial charge in [0.15, 0.2) is 0 Å². The number of ether oxygens (including phenoxy) is 1. The molecule has 2 heterocycles. The predicted octanol–water partition coefficient (Wildman–Crippen LogP) is 1.36. The van der Waals surface area contributed by atoms with Crippen molar-refractivity contribution in [3.63, 3.8) is 0 Å². The molecule has 0 aromatic heterocycles. The van der Waals surface area contributed by atoms with Crippen molar-refractivity contribution in [2.45, 2.75) is 44.6 Å². The summed E-state index contributed by atoms with van der Waals surface area (Å²) in [6, 6.07) is 7.54. The monoisotopic (exact) mass is 387 g/mol. The number of nitrogens with one attached hydrogen (secondary N) is 1. The van der Waals surface area contributed by atoms with Gasteiger partial charge in [-0.3, -0.25) is 14.4 Å². The second-order valence-corrected chi connectivity index (χ2v) is 7.42. The first-order valence-electron chi connectivity index (χ1n) is 10.1. The second kappa shape index (κ2) is 9.57. The van der Waals surface area contributed by atoms with Crippen LogP contribution in [0.15, 0.2) is 24.3 Å². The van der Waals surface area contributed by atoms with E-state index in [1.165, 1.54) is 5.56 Å². The van der Waals surface area contributed by atoms with E-state index in [9.17, 15) is 14.4 Å². The molecule has 2 aliphatic heterocycles. The van der Waals surface area contributed by atoms with Gasteiger partial charge in [-0.2, -0.15) is 0 Å². The van der Waals surface area contributed by atoms with E-state index in [-0.39, 0.29) is 23.8 Å². The fourth-order valence-corrected chi connectivity index (χ4v) is 3.80. The van der Waals surface area contributed by atoms with E-state index in [0.29, 0.717) is 45.4 Å². The molecule has 0 saturated carbocycles. The van der Waals surface area contributed by atoms with E-state index in [1.54, 1.807) is 12.0 Å². The lowest BCUT2D eigenvalue weighted by molar-refractivity contribution is -0.135. The van der Waals surface area contributed by atoms with Crippen LogP contribution in [0.25, 0.3) is 0 Å². The number of aryl methyl sites for hydroxylation is 1. The van der Waals surface area contributed by atoms with E-state index in [0.717, 1.165) is 25.0 Å². The van der Waals surface area contributed by atoms with E-state index in [2.05, 4.69) is 5.32 Å². The molecule has 1 atom stereocenters. The lowest BCUT2D eigenvalue weighted by Gasteiger charge is -2.24. The summed E-state index contributed by atoms with van der Waals surface area (Å²) in [7, 11) is 1.65. The van der Waals surface area contributed by atoms with Crippen molar-refractivity contribution >= 4 is 17.7 Å². The quantitative estimate of drug-likeness (QED) is 0.799. The lowest BCUT2D eigenvalue weighted by Crippen LogP contribution is -2.46. The fraction of sp³-hybridized carbons (Fsp3) is 0.571. The zero-order chi connectivity index (χ0) is 19.9. The third kappa shape index (κ3) is 5.24. The van der Waals surface area contributed by atoms with Crippen molar-refractivity contribution in [2.75, 3.05) is 33.3 Å². The number of hydrogen-bond acceptors (Lipinski definition) is 4. The van der Waals surface area contributed by atoms with Crippen LogP contribution in [0.5, 0.6) is 5.75 Å². The number of benzene rings is 1. The van der Waals surface area contributed by atoms with Gasteiger partial charge in [-0.05, 0) is 43.4 Å². The summed E-state index contributed by atoms with van der Waals surface area (Å²) in [6.45, 7) is 2.42. The van der Waals surface area contributed by atoms with Crippen LogP contribution < -0.4 is 10.1 Å². The molecular weight excluding hydrogens is 358 g/mol. The number of methoxy groups -OCH3 is 1. The van der Waals surface area contributed by atoms with Crippen LogP contribution in [-0.2, 0) is 20.8 Å². The third-order valence-electron chi connectivity index (χ3n) is 5.47. The molecule has 2 fully saturated rings. The molecule has 7 nitrogen and oxygen atoms in total. The van der Waals surface area contributed by atoms with Gasteiger partial charge in [0, 0.05) is 39.0 Å². The predicted molar refractivity (Wildman–Crippen MR) is 105 cm³/mol. The molecule has 2 aliphatic rings. The van der Waals surface area contributed by atoms with Crippen molar-refractivity contribution in [3.8, 4) is 5.75 Å². The average Bonchev–Trinajstić information content (AvgIpc) is 2.99. The van der Waals surface area contributed by atoms with Gasteiger partial charge in [0.1, 0.15) is 11.8 Å². The van der Waals surface area contributed by atoms with Crippen molar-refractivity contribution in [1.82, 2.24) is 15.1 Å². The number of nitrogens with zero attached hydrogens (tertiary/aromatic N) is 2. The molecule has 0 radical (unpaired) electrons. The molecule has 152 valence electrons. The summed E-state index contributed by atoms with van der Waals surface area (Å²) >= 11 is 0. The fourth-order valence-electron chi connectivity index (χ4n) is 3.80. The highest BCUT2D eigenvalue weighted by Crippen LogP contribution is 2.15. The Morgan fingerprint density at radius 2 is 1.82 bits per heavy atom. The number of hydrogen-bond donors (Lipinski definition) is 1. The molecule has 1 N–H and O–H groups in total. The molecule has 1 unspecified atom stereocenters. The molecule has 1 aromatic rings. The topological polar surface area (TPSA) is 79.0 Å². The average molecular weight is 387 g/mol. The van der Waals surface area contributed by atoms with Crippen LogP contribution in [0, 0.1) is 0 Å². The first-order chi connectivity index (χ1) is 13.6. The Hall–Kier alpha value is -2.57. The molecule has 0 bridgehead atoms. The zero-order valence-electron chi connectivity index (χ0n) is 16.5. The van der Waals surface area contributed by atoms with Crippen LogP contribution in [-0.4, -0.2) is 66.9 Å². The SMILES string of the molecule is COc1ccc(CCCC(=O)N2CCCN(C(=O)C3CCC(=O)N3)CC2)cc1. The van der Waals surface area contributed by atoms with Gasteiger partial charge in [0.25, 0.3) is 0 Å². The van der Waals surface area contributed by atoms with E-state index in [1.807, 2.05) is 29.2 Å². The highest BCUT2D eigenvalue weighted by molar-refractivity contribution is 5.90. The summed E-state index contributed by atoms with van der Waals surface area (Å²) in [6.07, 6.45) is 3.94. The van der Waals surface area contributed by atoms with Crippen molar-refractivity contribution < 1.29 is 19.1 Å². The maximum absolute atomic E-state index is 12.6. The molecule has 2 saturated heterocycles. The van der Waals surface area contributed by atoms with Crippen molar-refractivity contribution in [3.05, 3.63) is 29.8 Å². The van der Waals surface area contributed by atoms with E-state index < -0.39 is 0 Å². The summed E-state index contributed by atoms with van der Waals surface area (Å²) in [5.74, 6) is 0.916. The summed E-state index contributed by atoms with van der Waals surface area (Å²) in [5, 5.41) is 2.74. The molecule has 1 aromatic carbocycles. The normalized spacial score (nSPS) is 19.9. The van der Waals surface area contributed by atoms with Crippen LogP contribution in [0.2, 0.25) is 0 Å². The van der Waals surface area contributed by atoms with Crippen LogP contribution in [0.4, 0.5) is 0 Å². The van der Waals surface area contributed by atoms with Gasteiger partial charge in [-0.15, -0.1) is 0 Å². The molecule has 0 spiro atoms.